The van der Waals surface area contributed by atoms with Crippen LogP contribution in [0.5, 0.6) is 0 Å². The molecule has 3 amide bonds. The van der Waals surface area contributed by atoms with E-state index in [4.69, 9.17) is 0 Å². The third-order valence-corrected chi connectivity index (χ3v) is 6.34. The van der Waals surface area contributed by atoms with Gasteiger partial charge in [0.1, 0.15) is 0 Å². The number of amides is 3. The maximum Gasteiger partial charge on any atom is 0.416 e. The lowest BCUT2D eigenvalue weighted by Crippen LogP contribution is -2.33. The molecule has 1 N–H and O–H groups in total. The van der Waals surface area contributed by atoms with E-state index in [1.807, 2.05) is 12.2 Å². The molecule has 5 nitrogen and oxygen atoms in total. The van der Waals surface area contributed by atoms with Crippen LogP contribution in [0.4, 0.5) is 24.5 Å². The summed E-state index contributed by atoms with van der Waals surface area (Å²) in [4.78, 5) is 39.9. The molecule has 2 aromatic rings. The van der Waals surface area contributed by atoms with Crippen molar-refractivity contribution < 1.29 is 27.6 Å². The highest BCUT2D eigenvalue weighted by Crippen LogP contribution is 2.53. The van der Waals surface area contributed by atoms with Crippen LogP contribution >= 0.6 is 0 Å². The van der Waals surface area contributed by atoms with Crippen LogP contribution in [0.2, 0.25) is 0 Å². The van der Waals surface area contributed by atoms with Crippen molar-refractivity contribution in [3.63, 3.8) is 0 Å². The molecule has 0 radical (unpaired) electrons. The van der Waals surface area contributed by atoms with E-state index in [9.17, 15) is 27.6 Å². The molecule has 4 atom stereocenters. The lowest BCUT2D eigenvalue weighted by atomic mass is 9.85. The number of alkyl halides is 3. The van der Waals surface area contributed by atoms with Crippen molar-refractivity contribution in [2.75, 3.05) is 10.2 Å². The van der Waals surface area contributed by atoms with Crippen LogP contribution in [-0.4, -0.2) is 17.7 Å². The summed E-state index contributed by atoms with van der Waals surface area (Å²) in [7, 11) is 0. The first-order valence-electron chi connectivity index (χ1n) is 9.89. The van der Waals surface area contributed by atoms with Gasteiger partial charge in [-0.1, -0.05) is 24.3 Å². The van der Waals surface area contributed by atoms with Crippen LogP contribution in [0, 0.1) is 23.7 Å². The molecule has 0 unspecified atom stereocenters. The lowest BCUT2D eigenvalue weighted by molar-refractivity contribution is -0.137. The Bertz CT molecular complexity index is 1090. The molecule has 5 rings (SSSR count). The lowest BCUT2D eigenvalue weighted by Gasteiger charge is -2.21. The SMILES string of the molecule is O=C(Nc1ccccc1N1C(=O)[C@H]2[C@H](C1=O)[C@H]1C=C[C@H]2C1)c1ccc(C(F)(F)F)cc1. The fraction of sp³-hybridized carbons (Fsp3) is 0.261. The normalized spacial score (nSPS) is 26.5. The highest BCUT2D eigenvalue weighted by atomic mass is 19.4. The van der Waals surface area contributed by atoms with Gasteiger partial charge in [0.15, 0.2) is 0 Å². The minimum atomic E-state index is -4.50. The van der Waals surface area contributed by atoms with Gasteiger partial charge >= 0.3 is 6.18 Å². The van der Waals surface area contributed by atoms with Gasteiger partial charge in [0.2, 0.25) is 11.8 Å². The number of imide groups is 1. The molecular formula is C23H17F3N2O3. The summed E-state index contributed by atoms with van der Waals surface area (Å²) in [5, 5.41) is 2.62. The number of fused-ring (bicyclic) bond motifs is 5. The zero-order chi connectivity index (χ0) is 21.9. The van der Waals surface area contributed by atoms with E-state index in [0.29, 0.717) is 0 Å². The van der Waals surface area contributed by atoms with Crippen molar-refractivity contribution in [2.24, 2.45) is 23.7 Å². The van der Waals surface area contributed by atoms with Gasteiger partial charge in [-0.2, -0.15) is 13.2 Å². The van der Waals surface area contributed by atoms with Gasteiger partial charge < -0.3 is 5.32 Å². The number of allylic oxidation sites excluding steroid dienone is 2. The van der Waals surface area contributed by atoms with Crippen LogP contribution in [0.1, 0.15) is 22.3 Å². The molecule has 158 valence electrons. The van der Waals surface area contributed by atoms with Gasteiger partial charge in [-0.25, -0.2) is 4.90 Å². The topological polar surface area (TPSA) is 66.5 Å². The zero-order valence-corrected chi connectivity index (χ0v) is 16.1. The summed E-state index contributed by atoms with van der Waals surface area (Å²) in [6.45, 7) is 0. The average Bonchev–Trinajstić information content (AvgIpc) is 3.42. The second-order valence-electron chi connectivity index (χ2n) is 8.06. The number of nitrogens with one attached hydrogen (secondary N) is 1. The molecule has 0 spiro atoms. The molecule has 3 aliphatic rings. The highest BCUT2D eigenvalue weighted by Gasteiger charge is 2.59. The standard InChI is InChI=1S/C23H17F3N2O3/c24-23(25,26)15-9-7-12(8-10-15)20(29)27-16-3-1-2-4-17(16)28-21(30)18-13-5-6-14(11-13)19(18)22(28)31/h1-10,13-14,18-19H,11H2,(H,27,29)/t13-,14-,18+,19+/m0/s1. The number of benzene rings is 2. The number of halogens is 3. The number of nitrogens with zero attached hydrogens (tertiary/aromatic N) is 1. The molecule has 2 fully saturated rings. The van der Waals surface area contributed by atoms with E-state index in [-0.39, 0.29) is 52.4 Å². The van der Waals surface area contributed by atoms with E-state index < -0.39 is 17.6 Å². The van der Waals surface area contributed by atoms with Crippen LogP contribution < -0.4 is 10.2 Å². The molecule has 2 aromatic carbocycles. The Balaban J connectivity index is 1.41. The Morgan fingerprint density at radius 1 is 0.903 bits per heavy atom. The molecule has 31 heavy (non-hydrogen) atoms. The first-order valence-corrected chi connectivity index (χ1v) is 9.89. The Morgan fingerprint density at radius 2 is 1.48 bits per heavy atom. The Hall–Kier alpha value is -3.42. The molecule has 1 saturated carbocycles. The molecule has 1 saturated heterocycles. The third-order valence-electron chi connectivity index (χ3n) is 6.34. The number of hydrogen-bond acceptors (Lipinski definition) is 3. The summed E-state index contributed by atoms with van der Waals surface area (Å²) in [5.41, 5.74) is -0.311. The smallest absolute Gasteiger partial charge is 0.320 e. The quantitative estimate of drug-likeness (QED) is 0.589. The minimum Gasteiger partial charge on any atom is -0.320 e. The van der Waals surface area contributed by atoms with E-state index in [1.165, 1.54) is 0 Å². The highest BCUT2D eigenvalue weighted by molar-refractivity contribution is 6.24. The van der Waals surface area contributed by atoms with E-state index in [0.717, 1.165) is 35.6 Å². The monoisotopic (exact) mass is 426 g/mol. The number of para-hydroxylation sites is 2. The predicted octanol–water partition coefficient (Wildman–Crippen LogP) is 4.27. The van der Waals surface area contributed by atoms with E-state index in [1.54, 1.807) is 24.3 Å². The van der Waals surface area contributed by atoms with Gasteiger partial charge in [-0.3, -0.25) is 14.4 Å². The number of anilines is 2. The molecule has 8 heteroatoms. The van der Waals surface area contributed by atoms with Gasteiger partial charge in [0.05, 0.1) is 28.8 Å². The van der Waals surface area contributed by atoms with Crippen molar-refractivity contribution in [2.45, 2.75) is 12.6 Å². The van der Waals surface area contributed by atoms with Crippen molar-refractivity contribution >= 4 is 29.1 Å². The second-order valence-corrected chi connectivity index (χ2v) is 8.06. The molecule has 2 bridgehead atoms. The van der Waals surface area contributed by atoms with Crippen molar-refractivity contribution in [1.82, 2.24) is 0 Å². The van der Waals surface area contributed by atoms with Gasteiger partial charge in [-0.05, 0) is 54.7 Å². The van der Waals surface area contributed by atoms with Crippen LogP contribution in [0.25, 0.3) is 0 Å². The van der Waals surface area contributed by atoms with Crippen molar-refractivity contribution in [3.05, 3.63) is 71.8 Å². The van der Waals surface area contributed by atoms with E-state index in [2.05, 4.69) is 5.32 Å². The van der Waals surface area contributed by atoms with Gasteiger partial charge in [-0.15, -0.1) is 0 Å². The first-order chi connectivity index (χ1) is 14.8. The predicted molar refractivity (Wildman–Crippen MR) is 106 cm³/mol. The minimum absolute atomic E-state index is 0.0287. The van der Waals surface area contributed by atoms with E-state index >= 15 is 0 Å². The van der Waals surface area contributed by atoms with Crippen LogP contribution in [0.3, 0.4) is 0 Å². The maximum atomic E-state index is 13.1. The fourth-order valence-corrected chi connectivity index (χ4v) is 4.92. The molecule has 1 aliphatic heterocycles. The number of carbonyl (C=O) groups excluding carboxylic acids is 3. The Kier molecular flexibility index (Phi) is 4.28. The summed E-state index contributed by atoms with van der Waals surface area (Å²) < 4.78 is 38.2. The summed E-state index contributed by atoms with van der Waals surface area (Å²) in [6.07, 6.45) is 0.314. The number of hydrogen-bond donors (Lipinski definition) is 1. The number of rotatable bonds is 3. The second kappa shape index (κ2) is 6.80. The average molecular weight is 426 g/mol. The molecular weight excluding hydrogens is 409 g/mol. The van der Waals surface area contributed by atoms with Gasteiger partial charge in [0.25, 0.3) is 5.91 Å². The first kappa shape index (κ1) is 19.5. The summed E-state index contributed by atoms with van der Waals surface area (Å²) in [5.74, 6) is -1.81. The molecule has 1 heterocycles. The van der Waals surface area contributed by atoms with Crippen LogP contribution in [0.15, 0.2) is 60.7 Å². The maximum absolute atomic E-state index is 13.1. The third kappa shape index (κ3) is 3.05. The van der Waals surface area contributed by atoms with Crippen molar-refractivity contribution in [1.29, 1.82) is 0 Å². The Morgan fingerprint density at radius 3 is 2.06 bits per heavy atom. The van der Waals surface area contributed by atoms with Crippen LogP contribution in [-0.2, 0) is 15.8 Å². The van der Waals surface area contributed by atoms with Gasteiger partial charge in [0, 0.05) is 5.56 Å². The van der Waals surface area contributed by atoms with Crippen molar-refractivity contribution in [3.8, 4) is 0 Å². The molecule has 2 aliphatic carbocycles. The zero-order valence-electron chi connectivity index (χ0n) is 16.1. The summed E-state index contributed by atoms with van der Waals surface area (Å²) in [6, 6.07) is 10.3. The fourth-order valence-electron chi connectivity index (χ4n) is 4.92. The summed E-state index contributed by atoms with van der Waals surface area (Å²) >= 11 is 0. The number of carbonyl (C=O) groups is 3. The Labute approximate surface area is 175 Å². The largest absolute Gasteiger partial charge is 0.416 e. The molecule has 0 aromatic heterocycles.